The molecule has 0 bridgehead atoms. The number of urea groups is 1. The molecule has 1 atom stereocenters. The van der Waals surface area contributed by atoms with Gasteiger partial charge in [-0.05, 0) is 11.8 Å². The van der Waals surface area contributed by atoms with Crippen molar-refractivity contribution in [3.05, 3.63) is 5.51 Å². The Kier molecular flexibility index (Phi) is 4.83. The monoisotopic (exact) mass is 258 g/mol. The maximum atomic E-state index is 11.7. The standard InChI is InChI=1S/C10H18N4O2S/c1-10(2,3)7(4-5-15)12-8(16)13-9-14-11-6-17-9/h6-7,15H,4-5H2,1-3H3,(H2,12,13,14,16). The number of amides is 2. The van der Waals surface area contributed by atoms with Crippen LogP contribution in [0.15, 0.2) is 5.51 Å². The number of rotatable bonds is 4. The van der Waals surface area contributed by atoms with E-state index >= 15 is 0 Å². The second kappa shape index (κ2) is 5.92. The Labute approximate surface area is 104 Å². The zero-order chi connectivity index (χ0) is 12.9. The number of hydrogen-bond donors (Lipinski definition) is 3. The number of hydrogen-bond acceptors (Lipinski definition) is 5. The summed E-state index contributed by atoms with van der Waals surface area (Å²) in [6.45, 7) is 6.08. The molecule has 1 rings (SSSR count). The Balaban J connectivity index is 2.52. The average Bonchev–Trinajstić information content (AvgIpc) is 2.68. The molecule has 0 radical (unpaired) electrons. The fourth-order valence-corrected chi connectivity index (χ4v) is 1.81. The van der Waals surface area contributed by atoms with Crippen LogP contribution in [-0.4, -0.2) is 34.0 Å². The lowest BCUT2D eigenvalue weighted by Gasteiger charge is -2.30. The Morgan fingerprint density at radius 2 is 2.29 bits per heavy atom. The van der Waals surface area contributed by atoms with Crippen LogP contribution < -0.4 is 10.6 Å². The van der Waals surface area contributed by atoms with Crippen LogP contribution in [-0.2, 0) is 0 Å². The van der Waals surface area contributed by atoms with Crippen molar-refractivity contribution < 1.29 is 9.90 Å². The van der Waals surface area contributed by atoms with Gasteiger partial charge in [0.25, 0.3) is 0 Å². The number of aliphatic hydroxyl groups is 1. The SMILES string of the molecule is CC(C)(C)C(CCO)NC(=O)Nc1nncs1. The highest BCUT2D eigenvalue weighted by Crippen LogP contribution is 2.21. The second-order valence-corrected chi connectivity index (χ2v) is 5.61. The largest absolute Gasteiger partial charge is 0.396 e. The minimum atomic E-state index is -0.324. The van der Waals surface area contributed by atoms with Gasteiger partial charge in [0.05, 0.1) is 0 Å². The van der Waals surface area contributed by atoms with Gasteiger partial charge in [0.2, 0.25) is 5.13 Å². The van der Waals surface area contributed by atoms with E-state index in [4.69, 9.17) is 5.11 Å². The average molecular weight is 258 g/mol. The molecule has 1 heterocycles. The fourth-order valence-electron chi connectivity index (χ4n) is 1.37. The summed E-state index contributed by atoms with van der Waals surface area (Å²) in [7, 11) is 0. The summed E-state index contributed by atoms with van der Waals surface area (Å²) in [6, 6.07) is -0.421. The Morgan fingerprint density at radius 3 is 2.76 bits per heavy atom. The first-order valence-corrected chi connectivity index (χ1v) is 6.26. The van der Waals surface area contributed by atoms with Crippen LogP contribution in [0.4, 0.5) is 9.93 Å². The molecular formula is C10H18N4O2S. The number of carbonyl (C=O) groups excluding carboxylic acids is 1. The summed E-state index contributed by atoms with van der Waals surface area (Å²) in [5.41, 5.74) is 1.44. The minimum Gasteiger partial charge on any atom is -0.396 e. The van der Waals surface area contributed by atoms with Crippen LogP contribution in [0.2, 0.25) is 0 Å². The molecule has 96 valence electrons. The van der Waals surface area contributed by atoms with E-state index < -0.39 is 0 Å². The molecule has 0 aliphatic heterocycles. The van der Waals surface area contributed by atoms with Crippen LogP contribution in [0, 0.1) is 5.41 Å². The first-order chi connectivity index (χ1) is 7.93. The lowest BCUT2D eigenvalue weighted by atomic mass is 9.85. The number of carbonyl (C=O) groups is 1. The van der Waals surface area contributed by atoms with Gasteiger partial charge in [-0.2, -0.15) is 0 Å². The normalized spacial score (nSPS) is 13.2. The van der Waals surface area contributed by atoms with Crippen molar-refractivity contribution in [2.24, 2.45) is 5.41 Å². The van der Waals surface area contributed by atoms with E-state index in [0.29, 0.717) is 11.6 Å². The third kappa shape index (κ3) is 4.66. The molecule has 0 aliphatic carbocycles. The highest BCUT2D eigenvalue weighted by atomic mass is 32.1. The molecule has 0 spiro atoms. The predicted molar refractivity (Wildman–Crippen MR) is 67.0 cm³/mol. The van der Waals surface area contributed by atoms with Crippen LogP contribution in [0.3, 0.4) is 0 Å². The third-order valence-electron chi connectivity index (χ3n) is 2.35. The van der Waals surface area contributed by atoms with Crippen LogP contribution >= 0.6 is 11.3 Å². The van der Waals surface area contributed by atoms with Crippen molar-refractivity contribution in [3.8, 4) is 0 Å². The molecule has 0 aliphatic rings. The summed E-state index contributed by atoms with van der Waals surface area (Å²) in [6.07, 6.45) is 0.521. The van der Waals surface area contributed by atoms with Gasteiger partial charge in [-0.1, -0.05) is 32.1 Å². The van der Waals surface area contributed by atoms with E-state index in [1.807, 2.05) is 20.8 Å². The Morgan fingerprint density at radius 1 is 1.59 bits per heavy atom. The molecule has 0 saturated carbocycles. The first kappa shape index (κ1) is 13.9. The molecule has 2 amide bonds. The second-order valence-electron chi connectivity index (χ2n) is 4.77. The fraction of sp³-hybridized carbons (Fsp3) is 0.700. The summed E-state index contributed by atoms with van der Waals surface area (Å²) >= 11 is 1.26. The lowest BCUT2D eigenvalue weighted by Crippen LogP contribution is -2.46. The summed E-state index contributed by atoms with van der Waals surface area (Å²) in [5.74, 6) is 0. The molecule has 1 aromatic rings. The van der Waals surface area contributed by atoms with Crippen molar-refractivity contribution in [3.63, 3.8) is 0 Å². The van der Waals surface area contributed by atoms with Gasteiger partial charge in [-0.25, -0.2) is 4.79 Å². The number of anilines is 1. The number of aromatic nitrogens is 2. The van der Waals surface area contributed by atoms with E-state index in [0.717, 1.165) is 0 Å². The summed E-state index contributed by atoms with van der Waals surface area (Å²) in [4.78, 5) is 11.7. The molecule has 7 heteroatoms. The zero-order valence-electron chi connectivity index (χ0n) is 10.2. The zero-order valence-corrected chi connectivity index (χ0v) is 11.0. The smallest absolute Gasteiger partial charge is 0.321 e. The summed E-state index contributed by atoms with van der Waals surface area (Å²) < 4.78 is 0. The molecule has 6 nitrogen and oxygen atoms in total. The maximum absolute atomic E-state index is 11.7. The first-order valence-electron chi connectivity index (χ1n) is 5.38. The van der Waals surface area contributed by atoms with Crippen LogP contribution in [0.1, 0.15) is 27.2 Å². The lowest BCUT2D eigenvalue weighted by molar-refractivity contribution is 0.194. The number of nitrogens with one attached hydrogen (secondary N) is 2. The molecular weight excluding hydrogens is 240 g/mol. The molecule has 0 fully saturated rings. The maximum Gasteiger partial charge on any atom is 0.321 e. The summed E-state index contributed by atoms with van der Waals surface area (Å²) in [5, 5.41) is 22.2. The molecule has 1 aromatic heterocycles. The van der Waals surface area contributed by atoms with Gasteiger partial charge in [0.15, 0.2) is 0 Å². The van der Waals surface area contributed by atoms with Gasteiger partial charge < -0.3 is 10.4 Å². The third-order valence-corrected chi connectivity index (χ3v) is 2.96. The molecule has 1 unspecified atom stereocenters. The van der Waals surface area contributed by atoms with Crippen molar-refractivity contribution in [2.45, 2.75) is 33.2 Å². The minimum absolute atomic E-state index is 0.0427. The van der Waals surface area contributed by atoms with Gasteiger partial charge in [0.1, 0.15) is 5.51 Å². The predicted octanol–water partition coefficient (Wildman–Crippen LogP) is 1.46. The Hall–Kier alpha value is -1.21. The van der Waals surface area contributed by atoms with Crippen molar-refractivity contribution in [2.75, 3.05) is 11.9 Å². The van der Waals surface area contributed by atoms with E-state index in [1.165, 1.54) is 11.3 Å². The quantitative estimate of drug-likeness (QED) is 0.763. The van der Waals surface area contributed by atoms with Crippen molar-refractivity contribution >= 4 is 22.5 Å². The number of aliphatic hydroxyl groups excluding tert-OH is 1. The highest BCUT2D eigenvalue weighted by molar-refractivity contribution is 7.13. The highest BCUT2D eigenvalue weighted by Gasteiger charge is 2.25. The topological polar surface area (TPSA) is 87.1 Å². The number of nitrogens with zero attached hydrogens (tertiary/aromatic N) is 2. The van der Waals surface area contributed by atoms with Crippen molar-refractivity contribution in [1.29, 1.82) is 0 Å². The molecule has 17 heavy (non-hydrogen) atoms. The van der Waals surface area contributed by atoms with Gasteiger partial charge in [-0.15, -0.1) is 10.2 Å². The van der Waals surface area contributed by atoms with Gasteiger partial charge >= 0.3 is 6.03 Å². The van der Waals surface area contributed by atoms with Crippen LogP contribution in [0.25, 0.3) is 0 Å². The molecule has 3 N–H and O–H groups in total. The molecule has 0 saturated heterocycles. The Bertz CT molecular complexity index is 348. The molecule has 0 aromatic carbocycles. The van der Waals surface area contributed by atoms with Gasteiger partial charge in [0, 0.05) is 12.6 Å². The van der Waals surface area contributed by atoms with E-state index in [9.17, 15) is 4.79 Å². The van der Waals surface area contributed by atoms with Crippen LogP contribution in [0.5, 0.6) is 0 Å². The van der Waals surface area contributed by atoms with E-state index in [2.05, 4.69) is 20.8 Å². The van der Waals surface area contributed by atoms with Crippen molar-refractivity contribution in [1.82, 2.24) is 15.5 Å². The van der Waals surface area contributed by atoms with E-state index in [1.54, 1.807) is 5.51 Å². The van der Waals surface area contributed by atoms with E-state index in [-0.39, 0.29) is 24.1 Å². The van der Waals surface area contributed by atoms with Gasteiger partial charge in [-0.3, -0.25) is 5.32 Å².